The quantitative estimate of drug-likeness (QED) is 0.0394. The van der Waals surface area contributed by atoms with E-state index < -0.39 is 0 Å². The minimum Gasteiger partial charge on any atom is -0.465 e. The molecule has 0 radical (unpaired) electrons. The van der Waals surface area contributed by atoms with Crippen molar-refractivity contribution in [3.63, 3.8) is 0 Å². The first-order chi connectivity index (χ1) is 24.5. The molecule has 6 heteroatoms. The Bertz CT molecular complexity index is 844. The lowest BCUT2D eigenvalue weighted by Gasteiger charge is -2.17. The number of ketones is 1. The van der Waals surface area contributed by atoms with Crippen LogP contribution < -0.4 is 5.73 Å². The van der Waals surface area contributed by atoms with E-state index in [4.69, 9.17) is 15.2 Å². The molecular weight excluding hydrogens is 622 g/mol. The molecule has 2 N–H and O–H groups in total. The summed E-state index contributed by atoms with van der Waals surface area (Å²) in [5, 5.41) is 0. The molecule has 0 aliphatic rings. The van der Waals surface area contributed by atoms with Crippen molar-refractivity contribution in [3.8, 4) is 0 Å². The molecule has 0 spiro atoms. The number of ether oxygens (including phenoxy) is 2. The number of hydrogen-bond acceptors (Lipinski definition) is 6. The molecule has 0 aliphatic heterocycles. The van der Waals surface area contributed by atoms with Crippen LogP contribution in [0.3, 0.4) is 0 Å². The van der Waals surface area contributed by atoms with Gasteiger partial charge in [-0.25, -0.2) is 0 Å². The summed E-state index contributed by atoms with van der Waals surface area (Å²) in [6, 6.07) is 0. The summed E-state index contributed by atoms with van der Waals surface area (Å²) in [5.41, 5.74) is 5.47. The second-order valence-electron chi connectivity index (χ2n) is 13.8. The molecule has 0 aliphatic carbocycles. The number of Topliss-reactive ketones (excluding diaryl/α,β-unsaturated/α-hetero) is 1. The maximum Gasteiger partial charge on any atom is 0.307 e. The molecule has 50 heavy (non-hydrogen) atoms. The van der Waals surface area contributed by atoms with Crippen LogP contribution in [-0.2, 0) is 23.9 Å². The highest BCUT2D eigenvalue weighted by atomic mass is 16.5. The Balaban J connectivity index is 4.06. The van der Waals surface area contributed by atoms with Crippen LogP contribution >= 0.6 is 0 Å². The van der Waals surface area contributed by atoms with E-state index in [1.165, 1.54) is 77.0 Å². The molecule has 0 bridgehead atoms. The van der Waals surface area contributed by atoms with Crippen LogP contribution in [-0.4, -0.2) is 37.5 Å². The molecule has 1 unspecified atom stereocenters. The number of unbranched alkanes of at least 4 members (excludes halogenated alkanes) is 16. The van der Waals surface area contributed by atoms with Crippen molar-refractivity contribution in [3.05, 3.63) is 48.6 Å². The Morgan fingerprint density at radius 2 is 0.880 bits per heavy atom. The smallest absolute Gasteiger partial charge is 0.307 e. The van der Waals surface area contributed by atoms with E-state index in [9.17, 15) is 14.4 Å². The number of hydrogen-bond donors (Lipinski definition) is 1. The van der Waals surface area contributed by atoms with E-state index in [-0.39, 0.29) is 49.8 Å². The molecule has 288 valence electrons. The third kappa shape index (κ3) is 36.8. The molecule has 0 heterocycles. The second kappa shape index (κ2) is 39.3. The number of rotatable bonds is 37. The number of carbonyl (C=O) groups excluding carboxylic acids is 3. The summed E-state index contributed by atoms with van der Waals surface area (Å²) in [5.74, 6) is -0.528. The monoisotopic (exact) mass is 700 g/mol. The standard InChI is InChI=1S/C44H77NO5/c1-3-5-7-9-11-13-15-17-19-21-23-25-27-29-31-33-42(46)36-35-41(40-50-44(48)37-38-45)39-49-43(47)34-32-30-28-26-24-22-20-18-16-14-12-10-8-6-4-2/h11-14,17-20,41H,3-10,15-16,21-40,45H2,1-2H3/b13-11-,14-12-,19-17-,20-18-. The normalized spacial score (nSPS) is 12.5. The van der Waals surface area contributed by atoms with E-state index in [0.29, 0.717) is 25.7 Å². The molecule has 0 fully saturated rings. The van der Waals surface area contributed by atoms with Crippen molar-refractivity contribution < 1.29 is 23.9 Å². The zero-order chi connectivity index (χ0) is 36.6. The zero-order valence-corrected chi connectivity index (χ0v) is 32.5. The molecule has 6 nitrogen and oxygen atoms in total. The minimum atomic E-state index is -0.356. The van der Waals surface area contributed by atoms with Gasteiger partial charge in [-0.1, -0.05) is 127 Å². The van der Waals surface area contributed by atoms with E-state index in [2.05, 4.69) is 62.5 Å². The number of allylic oxidation sites excluding steroid dienone is 8. The van der Waals surface area contributed by atoms with Crippen LogP contribution in [0.4, 0.5) is 0 Å². The van der Waals surface area contributed by atoms with Gasteiger partial charge >= 0.3 is 11.9 Å². The number of carbonyl (C=O) groups is 3. The lowest BCUT2D eigenvalue weighted by molar-refractivity contribution is -0.149. The summed E-state index contributed by atoms with van der Waals surface area (Å²) in [6.07, 6.45) is 45.6. The van der Waals surface area contributed by atoms with Gasteiger partial charge in [0.25, 0.3) is 0 Å². The van der Waals surface area contributed by atoms with E-state index in [0.717, 1.165) is 64.2 Å². The van der Waals surface area contributed by atoms with Crippen molar-refractivity contribution in [1.29, 1.82) is 0 Å². The van der Waals surface area contributed by atoms with Crippen molar-refractivity contribution in [1.82, 2.24) is 0 Å². The van der Waals surface area contributed by atoms with Gasteiger partial charge in [0.1, 0.15) is 5.78 Å². The number of nitrogens with two attached hydrogens (primary N) is 1. The maximum absolute atomic E-state index is 12.6. The van der Waals surface area contributed by atoms with Gasteiger partial charge in [0.05, 0.1) is 19.6 Å². The van der Waals surface area contributed by atoms with Gasteiger partial charge in [-0.3, -0.25) is 14.4 Å². The fourth-order valence-corrected chi connectivity index (χ4v) is 5.60. The summed E-state index contributed by atoms with van der Waals surface area (Å²) in [7, 11) is 0. The van der Waals surface area contributed by atoms with Crippen molar-refractivity contribution in [2.75, 3.05) is 19.8 Å². The van der Waals surface area contributed by atoms with Gasteiger partial charge in [-0.15, -0.1) is 0 Å². The van der Waals surface area contributed by atoms with E-state index in [1.807, 2.05) is 0 Å². The molecule has 0 aromatic heterocycles. The Kier molecular flexibility index (Phi) is 37.4. The topological polar surface area (TPSA) is 95.7 Å². The van der Waals surface area contributed by atoms with Crippen LogP contribution in [0.2, 0.25) is 0 Å². The van der Waals surface area contributed by atoms with Crippen LogP contribution in [0.25, 0.3) is 0 Å². The third-order valence-electron chi connectivity index (χ3n) is 8.88. The molecule has 0 aromatic rings. The van der Waals surface area contributed by atoms with Gasteiger partial charge in [-0.05, 0) is 83.5 Å². The molecule has 0 saturated carbocycles. The molecule has 0 aromatic carbocycles. The third-order valence-corrected chi connectivity index (χ3v) is 8.88. The molecule has 1 atom stereocenters. The zero-order valence-electron chi connectivity index (χ0n) is 32.5. The summed E-state index contributed by atoms with van der Waals surface area (Å²) < 4.78 is 10.9. The summed E-state index contributed by atoms with van der Waals surface area (Å²) in [4.78, 5) is 36.8. The summed E-state index contributed by atoms with van der Waals surface area (Å²) in [6.45, 7) is 5.02. The van der Waals surface area contributed by atoms with Gasteiger partial charge in [0.2, 0.25) is 0 Å². The van der Waals surface area contributed by atoms with Crippen LogP contribution in [0.5, 0.6) is 0 Å². The maximum atomic E-state index is 12.6. The largest absolute Gasteiger partial charge is 0.465 e. The Hall–Kier alpha value is -2.47. The van der Waals surface area contributed by atoms with Crippen molar-refractivity contribution in [2.45, 2.75) is 187 Å². The van der Waals surface area contributed by atoms with Crippen LogP contribution in [0.1, 0.15) is 187 Å². The SMILES string of the molecule is CCCCC/C=C\C/C=C\CCCCCCCC(=O)CCC(COC(=O)CCN)COC(=O)CCCCCCC/C=C\C/C=C\CCCCC. The van der Waals surface area contributed by atoms with Crippen molar-refractivity contribution >= 4 is 17.7 Å². The highest BCUT2D eigenvalue weighted by molar-refractivity contribution is 5.78. The van der Waals surface area contributed by atoms with Crippen molar-refractivity contribution in [2.24, 2.45) is 11.7 Å². The first-order valence-corrected chi connectivity index (χ1v) is 20.7. The first-order valence-electron chi connectivity index (χ1n) is 20.7. The average molecular weight is 700 g/mol. The fraction of sp³-hybridized carbons (Fsp3) is 0.750. The molecular formula is C44H77NO5. The molecule has 0 rings (SSSR count). The Morgan fingerprint density at radius 3 is 1.34 bits per heavy atom. The fourth-order valence-electron chi connectivity index (χ4n) is 5.60. The highest BCUT2D eigenvalue weighted by Gasteiger charge is 2.17. The predicted molar refractivity (Wildman–Crippen MR) is 212 cm³/mol. The van der Waals surface area contributed by atoms with Gasteiger partial charge in [0, 0.05) is 31.7 Å². The predicted octanol–water partition coefficient (Wildman–Crippen LogP) is 12.0. The lowest BCUT2D eigenvalue weighted by atomic mass is 10.00. The Morgan fingerprint density at radius 1 is 0.480 bits per heavy atom. The first kappa shape index (κ1) is 47.5. The number of esters is 2. The van der Waals surface area contributed by atoms with Crippen LogP contribution in [0, 0.1) is 5.92 Å². The molecule has 0 amide bonds. The average Bonchev–Trinajstić information content (AvgIpc) is 3.11. The van der Waals surface area contributed by atoms with E-state index >= 15 is 0 Å². The minimum absolute atomic E-state index is 0.146. The lowest BCUT2D eigenvalue weighted by Crippen LogP contribution is -2.22. The molecule has 0 saturated heterocycles. The van der Waals surface area contributed by atoms with Gasteiger partial charge in [-0.2, -0.15) is 0 Å². The van der Waals surface area contributed by atoms with E-state index in [1.54, 1.807) is 0 Å². The summed E-state index contributed by atoms with van der Waals surface area (Å²) >= 11 is 0. The second-order valence-corrected chi connectivity index (χ2v) is 13.8. The van der Waals surface area contributed by atoms with Gasteiger partial charge in [0.15, 0.2) is 0 Å². The Labute approximate surface area is 308 Å². The van der Waals surface area contributed by atoms with Gasteiger partial charge < -0.3 is 15.2 Å². The highest BCUT2D eigenvalue weighted by Crippen LogP contribution is 2.15. The van der Waals surface area contributed by atoms with Crippen LogP contribution in [0.15, 0.2) is 48.6 Å².